The van der Waals surface area contributed by atoms with E-state index in [0.29, 0.717) is 22.5 Å². The molecule has 0 atom stereocenters. The molecule has 0 fully saturated rings. The molecule has 4 nitrogen and oxygen atoms in total. The maximum Gasteiger partial charge on any atom is 0.220 e. The Hall–Kier alpha value is -2.75. The molecule has 2 rings (SSSR count). The Bertz CT molecular complexity index is 722. The van der Waals surface area contributed by atoms with E-state index >= 15 is 0 Å². The highest BCUT2D eigenvalue weighted by atomic mass is 16.3. The lowest BCUT2D eigenvalue weighted by Crippen LogP contribution is -1.95. The van der Waals surface area contributed by atoms with E-state index < -0.39 is 5.43 Å². The van der Waals surface area contributed by atoms with Crippen molar-refractivity contribution in [2.75, 3.05) is 0 Å². The van der Waals surface area contributed by atoms with E-state index in [9.17, 15) is 9.90 Å². The first-order valence-corrected chi connectivity index (χ1v) is 6.08. The molecule has 0 spiro atoms. The minimum absolute atomic E-state index is 0.321. The molecule has 2 aromatic carbocycles. The molecule has 0 saturated heterocycles. The van der Waals surface area contributed by atoms with Crippen LogP contribution in [0.2, 0.25) is 0 Å². The van der Waals surface area contributed by atoms with Crippen LogP contribution in [0.15, 0.2) is 70.1 Å². The van der Waals surface area contributed by atoms with E-state index in [4.69, 9.17) is 0 Å². The highest BCUT2D eigenvalue weighted by molar-refractivity contribution is 5.68. The Labute approximate surface area is 116 Å². The SMILES string of the molecule is C=C(C)c1cc(N=Nc2ccccc2)ccc(=O)c1O. The summed E-state index contributed by atoms with van der Waals surface area (Å²) >= 11 is 0. The van der Waals surface area contributed by atoms with Crippen LogP contribution in [0.5, 0.6) is 5.75 Å². The molecule has 2 aromatic rings. The quantitative estimate of drug-likeness (QED) is 0.846. The number of benzene rings is 1. The van der Waals surface area contributed by atoms with Crippen molar-refractivity contribution in [2.24, 2.45) is 10.2 Å². The van der Waals surface area contributed by atoms with E-state index in [1.165, 1.54) is 12.1 Å². The van der Waals surface area contributed by atoms with Gasteiger partial charge in [-0.3, -0.25) is 4.79 Å². The molecule has 0 heterocycles. The third-order valence-corrected chi connectivity index (χ3v) is 2.68. The lowest BCUT2D eigenvalue weighted by Gasteiger charge is -1.98. The normalized spacial score (nSPS) is 10.7. The second-order valence-electron chi connectivity index (χ2n) is 4.34. The molecule has 0 saturated carbocycles. The smallest absolute Gasteiger partial charge is 0.220 e. The summed E-state index contributed by atoms with van der Waals surface area (Å²) in [6.07, 6.45) is 0. The van der Waals surface area contributed by atoms with Crippen LogP contribution in [-0.4, -0.2) is 5.11 Å². The largest absolute Gasteiger partial charge is 0.504 e. The summed E-state index contributed by atoms with van der Waals surface area (Å²) in [5.41, 5.74) is 1.69. The zero-order valence-corrected chi connectivity index (χ0v) is 11.1. The van der Waals surface area contributed by atoms with Crippen molar-refractivity contribution in [3.8, 4) is 5.75 Å². The Morgan fingerprint density at radius 3 is 2.35 bits per heavy atom. The lowest BCUT2D eigenvalue weighted by molar-refractivity contribution is 0.469. The highest BCUT2D eigenvalue weighted by Gasteiger charge is 2.05. The second-order valence-corrected chi connectivity index (χ2v) is 4.34. The van der Waals surface area contributed by atoms with Gasteiger partial charge in [-0.15, -0.1) is 0 Å². The summed E-state index contributed by atoms with van der Waals surface area (Å²) < 4.78 is 0. The van der Waals surface area contributed by atoms with Crippen molar-refractivity contribution in [2.45, 2.75) is 6.92 Å². The van der Waals surface area contributed by atoms with Gasteiger partial charge in [0.15, 0.2) is 5.75 Å². The van der Waals surface area contributed by atoms with Crippen LogP contribution in [0.3, 0.4) is 0 Å². The van der Waals surface area contributed by atoms with Gasteiger partial charge in [0, 0.05) is 5.56 Å². The summed E-state index contributed by atoms with van der Waals surface area (Å²) in [6.45, 7) is 5.46. The fourth-order valence-electron chi connectivity index (χ4n) is 1.63. The average Bonchev–Trinajstić information content (AvgIpc) is 2.59. The van der Waals surface area contributed by atoms with Gasteiger partial charge in [0.1, 0.15) is 0 Å². The van der Waals surface area contributed by atoms with Crippen LogP contribution in [-0.2, 0) is 0 Å². The van der Waals surface area contributed by atoms with Crippen LogP contribution in [0.4, 0.5) is 11.4 Å². The molecule has 20 heavy (non-hydrogen) atoms. The Morgan fingerprint density at radius 2 is 1.70 bits per heavy atom. The van der Waals surface area contributed by atoms with Gasteiger partial charge in [-0.2, -0.15) is 10.2 Å². The molecule has 0 radical (unpaired) electrons. The molecule has 0 bridgehead atoms. The molecule has 0 aliphatic rings. The molecule has 4 heteroatoms. The van der Waals surface area contributed by atoms with E-state index in [2.05, 4.69) is 16.8 Å². The van der Waals surface area contributed by atoms with Gasteiger partial charge in [-0.25, -0.2) is 0 Å². The van der Waals surface area contributed by atoms with Gasteiger partial charge in [-0.05, 0) is 42.8 Å². The van der Waals surface area contributed by atoms with Gasteiger partial charge in [0.05, 0.1) is 11.4 Å². The molecule has 0 unspecified atom stereocenters. The number of nitrogens with zero attached hydrogens (tertiary/aromatic N) is 2. The Kier molecular flexibility index (Phi) is 4.05. The first-order chi connectivity index (χ1) is 9.58. The van der Waals surface area contributed by atoms with Gasteiger partial charge in [0.25, 0.3) is 0 Å². The standard InChI is InChI=1S/C16H14N2O2/c1-11(2)14-10-13(8-9-15(19)16(14)20)18-17-12-6-4-3-5-7-12/h3-10H,1H2,2H3,(H,19,20). The van der Waals surface area contributed by atoms with Crippen molar-refractivity contribution >= 4 is 16.9 Å². The van der Waals surface area contributed by atoms with Gasteiger partial charge in [0.2, 0.25) is 5.43 Å². The summed E-state index contributed by atoms with van der Waals surface area (Å²) in [7, 11) is 0. The zero-order valence-electron chi connectivity index (χ0n) is 11.1. The predicted octanol–water partition coefficient (Wildman–Crippen LogP) is 4.20. The first-order valence-electron chi connectivity index (χ1n) is 6.08. The summed E-state index contributed by atoms with van der Waals surface area (Å²) in [6, 6.07) is 13.6. The van der Waals surface area contributed by atoms with E-state index in [1.807, 2.05) is 30.3 Å². The van der Waals surface area contributed by atoms with Crippen LogP contribution in [0.25, 0.3) is 5.57 Å². The molecule has 0 aromatic heterocycles. The summed E-state index contributed by atoms with van der Waals surface area (Å²) in [5, 5.41) is 17.9. The topological polar surface area (TPSA) is 62.0 Å². The fraction of sp³-hybridized carbons (Fsp3) is 0.0625. The molecule has 1 N–H and O–H groups in total. The predicted molar refractivity (Wildman–Crippen MR) is 79.7 cm³/mol. The molecular formula is C16H14N2O2. The number of hydrogen-bond acceptors (Lipinski definition) is 4. The Balaban J connectivity index is 2.46. The number of allylic oxidation sites excluding steroid dienone is 1. The van der Waals surface area contributed by atoms with Gasteiger partial charge < -0.3 is 5.11 Å². The van der Waals surface area contributed by atoms with Crippen LogP contribution < -0.4 is 5.43 Å². The molecule has 100 valence electrons. The lowest BCUT2D eigenvalue weighted by atomic mass is 10.1. The monoisotopic (exact) mass is 266 g/mol. The summed E-state index contributed by atoms with van der Waals surface area (Å²) in [5.74, 6) is -0.321. The van der Waals surface area contributed by atoms with Crippen molar-refractivity contribution in [1.29, 1.82) is 0 Å². The van der Waals surface area contributed by atoms with Crippen LogP contribution in [0.1, 0.15) is 12.5 Å². The number of aromatic hydroxyl groups is 1. The van der Waals surface area contributed by atoms with E-state index in [1.54, 1.807) is 13.0 Å². The van der Waals surface area contributed by atoms with Crippen molar-refractivity contribution in [3.05, 3.63) is 70.9 Å². The van der Waals surface area contributed by atoms with Gasteiger partial charge in [-0.1, -0.05) is 24.8 Å². The average molecular weight is 266 g/mol. The number of azo groups is 1. The van der Waals surface area contributed by atoms with Crippen LogP contribution >= 0.6 is 0 Å². The molecule has 0 aliphatic carbocycles. The molecule has 0 amide bonds. The first kappa shape index (κ1) is 13.7. The molecular weight excluding hydrogens is 252 g/mol. The third kappa shape index (κ3) is 3.17. The summed E-state index contributed by atoms with van der Waals surface area (Å²) in [4.78, 5) is 11.6. The zero-order chi connectivity index (χ0) is 14.5. The van der Waals surface area contributed by atoms with Crippen molar-refractivity contribution in [3.63, 3.8) is 0 Å². The molecule has 0 aliphatic heterocycles. The van der Waals surface area contributed by atoms with E-state index in [-0.39, 0.29) is 5.75 Å². The second kappa shape index (κ2) is 5.93. The van der Waals surface area contributed by atoms with Crippen molar-refractivity contribution in [1.82, 2.24) is 0 Å². The minimum atomic E-state index is -0.468. The van der Waals surface area contributed by atoms with E-state index in [0.717, 1.165) is 0 Å². The highest BCUT2D eigenvalue weighted by Crippen LogP contribution is 2.24. The minimum Gasteiger partial charge on any atom is -0.504 e. The number of hydrogen-bond donors (Lipinski definition) is 1. The maximum absolute atomic E-state index is 11.6. The maximum atomic E-state index is 11.6. The third-order valence-electron chi connectivity index (χ3n) is 2.68. The Morgan fingerprint density at radius 1 is 1.05 bits per heavy atom. The fourth-order valence-corrected chi connectivity index (χ4v) is 1.63. The van der Waals surface area contributed by atoms with Crippen molar-refractivity contribution < 1.29 is 5.11 Å². The number of rotatable bonds is 3. The van der Waals surface area contributed by atoms with Gasteiger partial charge >= 0.3 is 0 Å². The van der Waals surface area contributed by atoms with Crippen LogP contribution in [0, 0.1) is 0 Å².